The number of amidine groups is 1. The van der Waals surface area contributed by atoms with E-state index >= 15 is 0 Å². The minimum Gasteiger partial charge on any atom is -0.397 e. The summed E-state index contributed by atoms with van der Waals surface area (Å²) in [5.74, 6) is -0.588. The molecular formula is C20H14ClF3N4O. The van der Waals surface area contributed by atoms with E-state index in [-0.39, 0.29) is 22.0 Å². The number of hydrogen-bond donors (Lipinski definition) is 2. The minimum absolute atomic E-state index is 0.0236. The van der Waals surface area contributed by atoms with Crippen LogP contribution in [0, 0.1) is 0 Å². The quantitative estimate of drug-likeness (QED) is 0.367. The lowest BCUT2D eigenvalue weighted by Crippen LogP contribution is -2.16. The molecule has 1 aromatic heterocycles. The highest BCUT2D eigenvalue weighted by Gasteiger charge is 2.31. The first kappa shape index (κ1) is 20.3. The molecule has 3 aromatic rings. The standard InChI is InChI=1S/C20H14ClF3N4O/c21-15-10-13(28-19(26)17-16(25)5-2-8-27-17)6-7-14(15)18(29)11-3-1-4-12(9-11)20(22,23)24/h1-10H,25H2,(H2,26,28). The van der Waals surface area contributed by atoms with Crippen molar-refractivity contribution in [2.24, 2.45) is 10.7 Å². The summed E-state index contributed by atoms with van der Waals surface area (Å²) < 4.78 is 38.6. The molecule has 0 amide bonds. The monoisotopic (exact) mass is 418 g/mol. The number of ketones is 1. The molecule has 0 spiro atoms. The molecular weight excluding hydrogens is 405 g/mol. The number of anilines is 1. The van der Waals surface area contributed by atoms with Crippen molar-refractivity contribution >= 4 is 34.6 Å². The molecule has 0 radical (unpaired) electrons. The molecule has 0 saturated carbocycles. The number of benzene rings is 2. The summed E-state index contributed by atoms with van der Waals surface area (Å²) in [5.41, 5.74) is 11.7. The van der Waals surface area contributed by atoms with Crippen molar-refractivity contribution in [3.63, 3.8) is 0 Å². The van der Waals surface area contributed by atoms with Crippen LogP contribution in [0.2, 0.25) is 5.02 Å². The third-order valence-electron chi connectivity index (χ3n) is 3.98. The SMILES string of the molecule is NC(=Nc1ccc(C(=O)c2cccc(C(F)(F)F)c2)c(Cl)c1)c1ncccc1N. The van der Waals surface area contributed by atoms with Crippen LogP contribution < -0.4 is 11.5 Å². The number of carbonyl (C=O) groups is 1. The second kappa shape index (κ2) is 7.92. The van der Waals surface area contributed by atoms with Crippen molar-refractivity contribution in [1.29, 1.82) is 0 Å². The van der Waals surface area contributed by atoms with Gasteiger partial charge in [0.1, 0.15) is 5.69 Å². The highest BCUT2D eigenvalue weighted by Crippen LogP contribution is 2.31. The number of halogens is 4. The average Bonchev–Trinajstić information content (AvgIpc) is 2.67. The second-order valence-electron chi connectivity index (χ2n) is 6.01. The molecule has 4 N–H and O–H groups in total. The first-order valence-electron chi connectivity index (χ1n) is 8.23. The molecule has 0 aliphatic heterocycles. The molecule has 29 heavy (non-hydrogen) atoms. The maximum atomic E-state index is 12.9. The summed E-state index contributed by atoms with van der Waals surface area (Å²) in [6.07, 6.45) is -3.04. The number of pyridine rings is 1. The first-order chi connectivity index (χ1) is 13.7. The van der Waals surface area contributed by atoms with Crippen LogP contribution in [0.4, 0.5) is 24.5 Å². The number of rotatable bonds is 4. The highest BCUT2D eigenvalue weighted by atomic mass is 35.5. The zero-order chi connectivity index (χ0) is 21.2. The van der Waals surface area contributed by atoms with Crippen molar-refractivity contribution in [3.8, 4) is 0 Å². The Bertz CT molecular complexity index is 1110. The van der Waals surface area contributed by atoms with E-state index in [9.17, 15) is 18.0 Å². The van der Waals surface area contributed by atoms with Crippen LogP contribution in [-0.4, -0.2) is 16.6 Å². The van der Waals surface area contributed by atoms with Gasteiger partial charge < -0.3 is 11.5 Å². The van der Waals surface area contributed by atoms with Gasteiger partial charge >= 0.3 is 6.18 Å². The normalized spacial score (nSPS) is 12.1. The number of aromatic nitrogens is 1. The lowest BCUT2D eigenvalue weighted by molar-refractivity contribution is -0.137. The third kappa shape index (κ3) is 4.55. The zero-order valence-electron chi connectivity index (χ0n) is 14.7. The van der Waals surface area contributed by atoms with Crippen molar-refractivity contribution in [2.75, 3.05) is 5.73 Å². The van der Waals surface area contributed by atoms with Gasteiger partial charge in [0.15, 0.2) is 11.6 Å². The Hall–Kier alpha value is -3.39. The highest BCUT2D eigenvalue weighted by molar-refractivity contribution is 6.35. The molecule has 9 heteroatoms. The number of aliphatic imine (C=N–C) groups is 1. The number of hydrogen-bond acceptors (Lipinski definition) is 4. The Balaban J connectivity index is 1.91. The molecule has 0 unspecified atom stereocenters. The van der Waals surface area contributed by atoms with Crippen molar-refractivity contribution in [2.45, 2.75) is 6.18 Å². The molecule has 0 aliphatic rings. The summed E-state index contributed by atoms with van der Waals surface area (Å²) in [6, 6.07) is 11.6. The lowest BCUT2D eigenvalue weighted by atomic mass is 10.0. The van der Waals surface area contributed by atoms with Gasteiger partial charge in [0, 0.05) is 17.3 Å². The number of nitrogen functional groups attached to an aromatic ring is 1. The summed E-state index contributed by atoms with van der Waals surface area (Å²) in [7, 11) is 0. The molecule has 1 heterocycles. The predicted octanol–water partition coefficient (Wildman–Crippen LogP) is 4.60. The topological polar surface area (TPSA) is 94.4 Å². The molecule has 0 atom stereocenters. The van der Waals surface area contributed by atoms with Crippen molar-refractivity contribution in [3.05, 3.63) is 88.2 Å². The molecule has 0 aliphatic carbocycles. The number of nitrogens with two attached hydrogens (primary N) is 2. The summed E-state index contributed by atoms with van der Waals surface area (Å²) in [4.78, 5) is 20.8. The van der Waals surface area contributed by atoms with E-state index in [1.54, 1.807) is 12.1 Å². The van der Waals surface area contributed by atoms with Crippen LogP contribution in [0.15, 0.2) is 65.8 Å². The fourth-order valence-corrected chi connectivity index (χ4v) is 2.83. The van der Waals surface area contributed by atoms with Crippen LogP contribution in [0.25, 0.3) is 0 Å². The Kier molecular flexibility index (Phi) is 5.56. The van der Waals surface area contributed by atoms with E-state index in [0.29, 0.717) is 17.1 Å². The van der Waals surface area contributed by atoms with Crippen LogP contribution in [0.1, 0.15) is 27.2 Å². The van der Waals surface area contributed by atoms with Gasteiger partial charge in [-0.1, -0.05) is 23.7 Å². The average molecular weight is 419 g/mol. The van der Waals surface area contributed by atoms with Crippen LogP contribution in [0.3, 0.4) is 0 Å². The summed E-state index contributed by atoms with van der Waals surface area (Å²) in [6.45, 7) is 0. The molecule has 0 saturated heterocycles. The first-order valence-corrected chi connectivity index (χ1v) is 8.61. The number of carbonyl (C=O) groups excluding carboxylic acids is 1. The predicted molar refractivity (Wildman–Crippen MR) is 105 cm³/mol. The largest absolute Gasteiger partial charge is 0.416 e. The van der Waals surface area contributed by atoms with E-state index < -0.39 is 17.5 Å². The molecule has 5 nitrogen and oxygen atoms in total. The van der Waals surface area contributed by atoms with E-state index in [4.69, 9.17) is 23.1 Å². The Morgan fingerprint density at radius 1 is 1.07 bits per heavy atom. The van der Waals surface area contributed by atoms with E-state index in [0.717, 1.165) is 12.1 Å². The minimum atomic E-state index is -4.55. The number of alkyl halides is 3. The smallest absolute Gasteiger partial charge is 0.397 e. The van der Waals surface area contributed by atoms with Crippen molar-refractivity contribution < 1.29 is 18.0 Å². The van der Waals surface area contributed by atoms with Crippen molar-refractivity contribution in [1.82, 2.24) is 4.98 Å². The van der Waals surface area contributed by atoms with Gasteiger partial charge in [-0.3, -0.25) is 9.78 Å². The molecule has 3 rings (SSSR count). The van der Waals surface area contributed by atoms with Gasteiger partial charge in [-0.2, -0.15) is 13.2 Å². The lowest BCUT2D eigenvalue weighted by Gasteiger charge is -2.09. The molecule has 148 valence electrons. The van der Waals surface area contributed by atoms with Gasteiger partial charge in [0.25, 0.3) is 0 Å². The fraction of sp³-hybridized carbons (Fsp3) is 0.0500. The van der Waals surface area contributed by atoms with Crippen LogP contribution in [-0.2, 0) is 6.18 Å². The maximum absolute atomic E-state index is 12.9. The Morgan fingerprint density at radius 2 is 1.83 bits per heavy atom. The molecule has 0 bridgehead atoms. The van der Waals surface area contributed by atoms with Gasteiger partial charge in [-0.25, -0.2) is 4.99 Å². The summed E-state index contributed by atoms with van der Waals surface area (Å²) >= 11 is 6.17. The maximum Gasteiger partial charge on any atom is 0.416 e. The van der Waals surface area contributed by atoms with E-state index in [2.05, 4.69) is 9.98 Å². The molecule has 2 aromatic carbocycles. The van der Waals surface area contributed by atoms with Crippen LogP contribution in [0.5, 0.6) is 0 Å². The third-order valence-corrected chi connectivity index (χ3v) is 4.29. The summed E-state index contributed by atoms with van der Waals surface area (Å²) in [5, 5.41) is 0.0236. The van der Waals surface area contributed by atoms with Gasteiger partial charge in [-0.05, 0) is 42.5 Å². The van der Waals surface area contributed by atoms with E-state index in [1.807, 2.05) is 0 Å². The Labute approximate surface area is 168 Å². The van der Waals surface area contributed by atoms with Gasteiger partial charge in [0.2, 0.25) is 0 Å². The zero-order valence-corrected chi connectivity index (χ0v) is 15.5. The number of nitrogens with zero attached hydrogens (tertiary/aromatic N) is 2. The van der Waals surface area contributed by atoms with Crippen LogP contribution >= 0.6 is 11.6 Å². The van der Waals surface area contributed by atoms with Gasteiger partial charge in [-0.15, -0.1) is 0 Å². The van der Waals surface area contributed by atoms with E-state index in [1.165, 1.54) is 36.5 Å². The fourth-order valence-electron chi connectivity index (χ4n) is 2.57. The van der Waals surface area contributed by atoms with Gasteiger partial charge in [0.05, 0.1) is 22.0 Å². The Morgan fingerprint density at radius 3 is 2.48 bits per heavy atom. The molecule has 0 fully saturated rings. The second-order valence-corrected chi connectivity index (χ2v) is 6.42.